The van der Waals surface area contributed by atoms with Gasteiger partial charge in [0.15, 0.2) is 0 Å². The third-order valence-electron chi connectivity index (χ3n) is 8.90. The number of anilines is 8. The van der Waals surface area contributed by atoms with Crippen LogP contribution >= 0.6 is 12.0 Å². The molecule has 24 heteroatoms. The summed E-state index contributed by atoms with van der Waals surface area (Å²) >= 11 is 0.687. The standard InChI is InChI=1S/C32H44N16O6S2/c33-7-9-45-11-15-47(16-12-45)31-41-27(35)39-29(43-31)37-23-5-3-21(25(19-23)55-54-53-49)1-2-22-4-6-24(20-26(22)56(50,51)52)38-30-40-28(36)42-32(44-30)48-17-13-46(10-8-34)14-18-48/h1-6,19-20,49H,7-18,33-34H2,(H,50,51,52)(H3,35,37,39,41,43)(H3,36,38,40,42,44)/b2-1+. The van der Waals surface area contributed by atoms with Gasteiger partial charge < -0.3 is 43.4 Å². The van der Waals surface area contributed by atoms with Crippen molar-refractivity contribution in [3.8, 4) is 0 Å². The van der Waals surface area contributed by atoms with Gasteiger partial charge in [0.25, 0.3) is 10.1 Å². The third kappa shape index (κ3) is 10.8. The predicted octanol–water partition coefficient (Wildman–Crippen LogP) is 0.715. The number of hydrogen-bond acceptors (Lipinski definition) is 22. The molecule has 2 aliphatic rings. The largest absolute Gasteiger partial charge is 0.368 e. The van der Waals surface area contributed by atoms with Gasteiger partial charge in [0, 0.05) is 94.8 Å². The summed E-state index contributed by atoms with van der Waals surface area (Å²) in [7, 11) is -4.71. The average molecular weight is 813 g/mol. The molecule has 6 rings (SSSR count). The van der Waals surface area contributed by atoms with Gasteiger partial charge in [-0.1, -0.05) is 29.3 Å². The number of nitrogens with zero attached hydrogens (tertiary/aromatic N) is 10. The van der Waals surface area contributed by atoms with Gasteiger partial charge in [-0.05, 0) is 35.4 Å². The van der Waals surface area contributed by atoms with E-state index in [1.54, 1.807) is 30.3 Å². The van der Waals surface area contributed by atoms with Crippen molar-refractivity contribution in [3.05, 3.63) is 47.5 Å². The highest BCUT2D eigenvalue weighted by atomic mass is 32.2. The van der Waals surface area contributed by atoms with E-state index in [1.807, 2.05) is 9.80 Å². The molecule has 4 aromatic rings. The van der Waals surface area contributed by atoms with E-state index in [0.717, 1.165) is 39.3 Å². The van der Waals surface area contributed by atoms with Gasteiger partial charge in [0.05, 0.1) is 12.0 Å². The van der Waals surface area contributed by atoms with Crippen LogP contribution < -0.4 is 43.4 Å². The van der Waals surface area contributed by atoms with E-state index in [9.17, 15) is 13.0 Å². The van der Waals surface area contributed by atoms with Gasteiger partial charge in [-0.15, -0.1) is 4.33 Å². The quantitative estimate of drug-likeness (QED) is 0.0254. The summed E-state index contributed by atoms with van der Waals surface area (Å²) in [5, 5.41) is 18.8. The Labute approximate surface area is 327 Å². The molecule has 0 radical (unpaired) electrons. The Balaban J connectivity index is 1.19. The maximum Gasteiger partial charge on any atom is 0.295 e. The van der Waals surface area contributed by atoms with Crippen molar-refractivity contribution < 1.29 is 27.6 Å². The number of piperazine rings is 2. The van der Waals surface area contributed by atoms with Crippen LogP contribution in [-0.4, -0.2) is 136 Å². The number of nitrogens with two attached hydrogens (primary N) is 4. The molecule has 0 bridgehead atoms. The molecule has 0 unspecified atom stereocenters. The normalized spacial score (nSPS) is 15.8. The van der Waals surface area contributed by atoms with Crippen LogP contribution in [0.2, 0.25) is 0 Å². The lowest BCUT2D eigenvalue weighted by molar-refractivity contribution is -0.432. The fourth-order valence-corrected chi connectivity index (χ4v) is 7.37. The van der Waals surface area contributed by atoms with Crippen LogP contribution in [0, 0.1) is 0 Å². The summed E-state index contributed by atoms with van der Waals surface area (Å²) < 4.78 is 40.1. The van der Waals surface area contributed by atoms with E-state index in [1.165, 1.54) is 18.2 Å². The summed E-state index contributed by atoms with van der Waals surface area (Å²) in [6, 6.07) is 9.44. The Morgan fingerprint density at radius 3 is 1.68 bits per heavy atom. The molecule has 56 heavy (non-hydrogen) atoms. The molecular weight excluding hydrogens is 769 g/mol. The minimum atomic E-state index is -4.71. The Hall–Kier alpha value is -5.02. The number of benzene rings is 2. The van der Waals surface area contributed by atoms with E-state index >= 15 is 0 Å². The highest BCUT2D eigenvalue weighted by molar-refractivity contribution is 7.94. The first-order chi connectivity index (χ1) is 27.0. The second-order valence-electron chi connectivity index (χ2n) is 12.7. The second-order valence-corrected chi connectivity index (χ2v) is 14.8. The fraction of sp³-hybridized carbons (Fsp3) is 0.375. The first kappa shape index (κ1) is 40.6. The molecule has 0 spiro atoms. The van der Waals surface area contributed by atoms with Crippen LogP contribution in [0.5, 0.6) is 0 Å². The zero-order valence-corrected chi connectivity index (χ0v) is 31.9. The second kappa shape index (κ2) is 18.7. The van der Waals surface area contributed by atoms with E-state index in [-0.39, 0.29) is 39.9 Å². The first-order valence-corrected chi connectivity index (χ1v) is 19.7. The topological polar surface area (TPSA) is 312 Å². The average Bonchev–Trinajstić information content (AvgIpc) is 3.17. The molecule has 0 atom stereocenters. The van der Waals surface area contributed by atoms with Crippen LogP contribution in [0.1, 0.15) is 11.1 Å². The van der Waals surface area contributed by atoms with E-state index in [0.29, 0.717) is 79.4 Å². The third-order valence-corrected chi connectivity index (χ3v) is 10.5. The van der Waals surface area contributed by atoms with E-state index in [2.05, 4.69) is 55.4 Å². The summed E-state index contributed by atoms with van der Waals surface area (Å²) in [5.74, 6) is 1.14. The van der Waals surface area contributed by atoms with Gasteiger partial charge in [0.2, 0.25) is 35.7 Å². The zero-order chi connectivity index (χ0) is 39.7. The van der Waals surface area contributed by atoms with Gasteiger partial charge >= 0.3 is 0 Å². The van der Waals surface area contributed by atoms with Crippen molar-refractivity contribution in [2.24, 2.45) is 11.5 Å². The highest BCUT2D eigenvalue weighted by Gasteiger charge is 2.22. The van der Waals surface area contributed by atoms with E-state index in [4.69, 9.17) is 32.5 Å². The van der Waals surface area contributed by atoms with Gasteiger partial charge in [0.1, 0.15) is 4.90 Å². The first-order valence-electron chi connectivity index (χ1n) is 17.5. The van der Waals surface area contributed by atoms with Crippen molar-refractivity contribution >= 4 is 81.4 Å². The molecule has 0 aliphatic carbocycles. The van der Waals surface area contributed by atoms with Crippen molar-refractivity contribution in [3.63, 3.8) is 0 Å². The molecule has 2 aliphatic heterocycles. The van der Waals surface area contributed by atoms with Crippen LogP contribution in [0.15, 0.2) is 46.2 Å². The van der Waals surface area contributed by atoms with Crippen molar-refractivity contribution in [2.45, 2.75) is 9.79 Å². The van der Waals surface area contributed by atoms with Crippen LogP contribution in [0.4, 0.5) is 47.1 Å². The van der Waals surface area contributed by atoms with Crippen LogP contribution in [0.25, 0.3) is 12.2 Å². The highest BCUT2D eigenvalue weighted by Crippen LogP contribution is 2.31. The molecule has 300 valence electrons. The Morgan fingerprint density at radius 1 is 0.714 bits per heavy atom. The van der Waals surface area contributed by atoms with E-state index < -0.39 is 10.1 Å². The Morgan fingerprint density at radius 2 is 1.20 bits per heavy atom. The molecule has 2 saturated heterocycles. The molecule has 12 N–H and O–H groups in total. The maximum atomic E-state index is 12.6. The molecule has 2 aromatic carbocycles. The lowest BCUT2D eigenvalue weighted by atomic mass is 10.1. The van der Waals surface area contributed by atoms with Gasteiger partial charge in [-0.3, -0.25) is 14.4 Å². The van der Waals surface area contributed by atoms with Crippen molar-refractivity contribution in [1.29, 1.82) is 0 Å². The summed E-state index contributed by atoms with van der Waals surface area (Å²) in [6.45, 7) is 8.70. The number of aromatic nitrogens is 6. The van der Waals surface area contributed by atoms with Crippen molar-refractivity contribution in [1.82, 2.24) is 39.7 Å². The lowest BCUT2D eigenvalue weighted by Crippen LogP contribution is -2.48. The number of nitrogens with one attached hydrogen (secondary N) is 2. The fourth-order valence-electron chi connectivity index (χ4n) is 6.15. The maximum absolute atomic E-state index is 12.6. The minimum Gasteiger partial charge on any atom is -0.368 e. The minimum absolute atomic E-state index is 0.0166. The summed E-state index contributed by atoms with van der Waals surface area (Å²) in [4.78, 5) is 34.6. The number of nitrogen functional groups attached to an aromatic ring is 2. The Kier molecular flexibility index (Phi) is 13.6. The van der Waals surface area contributed by atoms with Crippen LogP contribution in [0.3, 0.4) is 0 Å². The molecule has 4 heterocycles. The van der Waals surface area contributed by atoms with Crippen molar-refractivity contribution in [2.75, 3.05) is 110 Å². The van der Waals surface area contributed by atoms with Gasteiger partial charge in [-0.2, -0.15) is 38.3 Å². The lowest BCUT2D eigenvalue weighted by Gasteiger charge is -2.34. The zero-order valence-electron chi connectivity index (χ0n) is 30.2. The van der Waals surface area contributed by atoms with Crippen LogP contribution in [-0.2, 0) is 19.5 Å². The molecule has 0 saturated carbocycles. The smallest absolute Gasteiger partial charge is 0.295 e. The molecular formula is C32H44N16O6S2. The molecule has 22 nitrogen and oxygen atoms in total. The molecule has 0 amide bonds. The monoisotopic (exact) mass is 812 g/mol. The summed E-state index contributed by atoms with van der Waals surface area (Å²) in [6.07, 6.45) is 3.09. The Bertz CT molecular complexity index is 2100. The van der Waals surface area contributed by atoms with Gasteiger partial charge in [-0.25, -0.2) is 5.26 Å². The predicted molar refractivity (Wildman–Crippen MR) is 213 cm³/mol. The number of rotatable bonds is 16. The number of hydrogen-bond donors (Lipinski definition) is 8. The molecule has 2 fully saturated rings. The summed E-state index contributed by atoms with van der Waals surface area (Å²) in [5.41, 5.74) is 24.9. The SMILES string of the molecule is NCCN1CCN(c2nc(N)nc(Nc3ccc(/C=C/c4ccc(Nc5nc(N)nc(N6CCN(CCN)CC6)n5)cc4S(=O)(=O)O)c(SOOO)c3)n2)CC1. The molecule has 2 aromatic heterocycles.